The standard InChI is InChI=1S/C24H32N2O4S/c1-20(11-12-21-9-5-4-6-10-21)25-24(27)19-30-22-13-15-23(16-14-22)31(28,29)26-17-7-2-3-8-18-26/h4-6,9-10,13-16,20H,2-3,7-8,11-12,17-19H2,1H3,(H,25,27)/t20-/m1/s1. The minimum absolute atomic E-state index is 0.0393. The van der Waals surface area contributed by atoms with E-state index in [2.05, 4.69) is 17.4 Å². The average molecular weight is 445 g/mol. The molecule has 1 N–H and O–H groups in total. The zero-order chi connectivity index (χ0) is 22.1. The summed E-state index contributed by atoms with van der Waals surface area (Å²) in [6.45, 7) is 3.02. The van der Waals surface area contributed by atoms with Crippen LogP contribution in [0.4, 0.5) is 0 Å². The molecule has 1 saturated heterocycles. The van der Waals surface area contributed by atoms with Crippen LogP contribution in [0.2, 0.25) is 0 Å². The van der Waals surface area contributed by atoms with Crippen molar-refractivity contribution >= 4 is 15.9 Å². The number of hydrogen-bond acceptors (Lipinski definition) is 4. The van der Waals surface area contributed by atoms with Gasteiger partial charge >= 0.3 is 0 Å². The second-order valence-electron chi connectivity index (χ2n) is 8.07. The van der Waals surface area contributed by atoms with Gasteiger partial charge in [-0.05, 0) is 62.4 Å². The Hall–Kier alpha value is -2.38. The fourth-order valence-corrected chi connectivity index (χ4v) is 5.22. The summed E-state index contributed by atoms with van der Waals surface area (Å²) in [5, 5.41) is 2.94. The smallest absolute Gasteiger partial charge is 0.258 e. The molecule has 0 spiro atoms. The van der Waals surface area contributed by atoms with Crippen molar-refractivity contribution in [3.05, 3.63) is 60.2 Å². The molecule has 6 nitrogen and oxygen atoms in total. The highest BCUT2D eigenvalue weighted by Crippen LogP contribution is 2.22. The molecular weight excluding hydrogens is 412 g/mol. The van der Waals surface area contributed by atoms with E-state index in [1.165, 1.54) is 5.56 Å². The maximum absolute atomic E-state index is 12.8. The van der Waals surface area contributed by atoms with Gasteiger partial charge in [-0.15, -0.1) is 0 Å². The molecule has 0 saturated carbocycles. The predicted octanol–water partition coefficient (Wildman–Crippen LogP) is 3.77. The van der Waals surface area contributed by atoms with Crippen molar-refractivity contribution in [2.24, 2.45) is 0 Å². The fraction of sp³-hybridized carbons (Fsp3) is 0.458. The zero-order valence-corrected chi connectivity index (χ0v) is 18.9. The van der Waals surface area contributed by atoms with Gasteiger partial charge in [-0.3, -0.25) is 4.79 Å². The summed E-state index contributed by atoms with van der Waals surface area (Å²) >= 11 is 0. The summed E-state index contributed by atoms with van der Waals surface area (Å²) in [6.07, 6.45) is 5.70. The first-order valence-corrected chi connectivity index (χ1v) is 12.5. The minimum atomic E-state index is -3.48. The van der Waals surface area contributed by atoms with E-state index in [0.717, 1.165) is 38.5 Å². The number of benzene rings is 2. The van der Waals surface area contributed by atoms with Gasteiger partial charge in [-0.25, -0.2) is 8.42 Å². The predicted molar refractivity (Wildman–Crippen MR) is 122 cm³/mol. The Bertz CT molecular complexity index is 922. The third-order valence-corrected chi connectivity index (χ3v) is 7.43. The molecule has 0 aliphatic carbocycles. The number of carbonyl (C=O) groups excluding carboxylic acids is 1. The summed E-state index contributed by atoms with van der Waals surface area (Å²) in [6, 6.07) is 16.5. The number of aryl methyl sites for hydroxylation is 1. The van der Waals surface area contributed by atoms with Gasteiger partial charge in [0, 0.05) is 19.1 Å². The van der Waals surface area contributed by atoms with E-state index in [-0.39, 0.29) is 23.5 Å². The Morgan fingerprint density at radius 2 is 1.65 bits per heavy atom. The van der Waals surface area contributed by atoms with Gasteiger partial charge in [0.1, 0.15) is 5.75 Å². The lowest BCUT2D eigenvalue weighted by atomic mass is 10.1. The zero-order valence-electron chi connectivity index (χ0n) is 18.1. The molecule has 0 bridgehead atoms. The van der Waals surface area contributed by atoms with Gasteiger partial charge in [0.15, 0.2) is 6.61 Å². The normalized spacial score (nSPS) is 16.3. The maximum atomic E-state index is 12.8. The van der Waals surface area contributed by atoms with Crippen LogP contribution >= 0.6 is 0 Å². The molecular formula is C24H32N2O4S. The average Bonchev–Trinajstić information content (AvgIpc) is 3.08. The molecule has 1 heterocycles. The molecule has 31 heavy (non-hydrogen) atoms. The van der Waals surface area contributed by atoms with E-state index in [9.17, 15) is 13.2 Å². The molecule has 7 heteroatoms. The molecule has 3 rings (SSSR count). The van der Waals surface area contributed by atoms with E-state index < -0.39 is 10.0 Å². The van der Waals surface area contributed by atoms with Gasteiger partial charge in [0.05, 0.1) is 4.90 Å². The van der Waals surface area contributed by atoms with Gasteiger partial charge < -0.3 is 10.1 Å². The van der Waals surface area contributed by atoms with Crippen LogP contribution in [0.1, 0.15) is 44.6 Å². The summed E-state index contributed by atoms with van der Waals surface area (Å²) in [5.74, 6) is 0.281. The number of amides is 1. The van der Waals surface area contributed by atoms with Gasteiger partial charge in [0.25, 0.3) is 5.91 Å². The molecule has 2 aromatic carbocycles. The second kappa shape index (κ2) is 11.3. The van der Waals surface area contributed by atoms with Gasteiger partial charge in [-0.1, -0.05) is 43.2 Å². The Kier molecular flexibility index (Phi) is 8.49. The summed E-state index contributed by atoms with van der Waals surface area (Å²) in [5.41, 5.74) is 1.25. The van der Waals surface area contributed by atoms with Crippen LogP contribution in [0.3, 0.4) is 0 Å². The lowest BCUT2D eigenvalue weighted by Gasteiger charge is -2.20. The topological polar surface area (TPSA) is 75.7 Å². The first-order chi connectivity index (χ1) is 14.9. The Balaban J connectivity index is 1.45. The third-order valence-electron chi connectivity index (χ3n) is 5.51. The number of nitrogens with zero attached hydrogens (tertiary/aromatic N) is 1. The number of sulfonamides is 1. The van der Waals surface area contributed by atoms with E-state index in [1.54, 1.807) is 28.6 Å². The Morgan fingerprint density at radius 3 is 2.29 bits per heavy atom. The highest BCUT2D eigenvalue weighted by Gasteiger charge is 2.25. The fourth-order valence-electron chi connectivity index (χ4n) is 3.70. The first-order valence-electron chi connectivity index (χ1n) is 11.0. The van der Waals surface area contributed by atoms with Crippen molar-refractivity contribution < 1.29 is 17.9 Å². The number of rotatable bonds is 9. The molecule has 2 aromatic rings. The van der Waals surface area contributed by atoms with E-state index in [0.29, 0.717) is 18.8 Å². The third kappa shape index (κ3) is 7.08. The van der Waals surface area contributed by atoms with Crippen molar-refractivity contribution in [3.63, 3.8) is 0 Å². The largest absolute Gasteiger partial charge is 0.484 e. The minimum Gasteiger partial charge on any atom is -0.484 e. The summed E-state index contributed by atoms with van der Waals surface area (Å²) in [4.78, 5) is 12.4. The van der Waals surface area contributed by atoms with Crippen molar-refractivity contribution in [1.29, 1.82) is 0 Å². The highest BCUT2D eigenvalue weighted by atomic mass is 32.2. The highest BCUT2D eigenvalue weighted by molar-refractivity contribution is 7.89. The van der Waals surface area contributed by atoms with E-state index >= 15 is 0 Å². The molecule has 1 aliphatic heterocycles. The van der Waals surface area contributed by atoms with Crippen molar-refractivity contribution in [2.45, 2.75) is 56.4 Å². The SMILES string of the molecule is C[C@H](CCc1ccccc1)NC(=O)COc1ccc(S(=O)(=O)N2CCCCCC2)cc1. The number of ether oxygens (including phenoxy) is 1. The second-order valence-corrected chi connectivity index (χ2v) is 10.0. The van der Waals surface area contributed by atoms with Gasteiger partial charge in [-0.2, -0.15) is 4.31 Å². The Morgan fingerprint density at radius 1 is 1.00 bits per heavy atom. The van der Waals surface area contributed by atoms with Crippen LogP contribution in [0, 0.1) is 0 Å². The van der Waals surface area contributed by atoms with Crippen LogP contribution in [-0.2, 0) is 21.2 Å². The van der Waals surface area contributed by atoms with Gasteiger partial charge in [0.2, 0.25) is 10.0 Å². The van der Waals surface area contributed by atoms with Crippen LogP contribution in [0.5, 0.6) is 5.75 Å². The Labute approximate surface area is 185 Å². The summed E-state index contributed by atoms with van der Waals surface area (Å²) < 4.78 is 32.8. The van der Waals surface area contributed by atoms with Crippen LogP contribution in [0.15, 0.2) is 59.5 Å². The lowest BCUT2D eigenvalue weighted by molar-refractivity contribution is -0.123. The van der Waals surface area contributed by atoms with E-state index in [1.807, 2.05) is 25.1 Å². The number of hydrogen-bond donors (Lipinski definition) is 1. The molecule has 0 unspecified atom stereocenters. The molecule has 0 aromatic heterocycles. The summed E-state index contributed by atoms with van der Waals surface area (Å²) in [7, 11) is -3.48. The molecule has 1 atom stereocenters. The quantitative estimate of drug-likeness (QED) is 0.639. The number of nitrogens with one attached hydrogen (secondary N) is 1. The lowest BCUT2D eigenvalue weighted by Crippen LogP contribution is -2.36. The number of carbonyl (C=O) groups is 1. The van der Waals surface area contributed by atoms with Crippen molar-refractivity contribution in [1.82, 2.24) is 9.62 Å². The molecule has 1 fully saturated rings. The van der Waals surface area contributed by atoms with Crippen LogP contribution in [-0.4, -0.2) is 44.4 Å². The first kappa shape index (κ1) is 23.3. The van der Waals surface area contributed by atoms with Crippen LogP contribution in [0.25, 0.3) is 0 Å². The van der Waals surface area contributed by atoms with Crippen molar-refractivity contribution in [2.75, 3.05) is 19.7 Å². The maximum Gasteiger partial charge on any atom is 0.258 e. The molecule has 0 radical (unpaired) electrons. The molecule has 1 aliphatic rings. The van der Waals surface area contributed by atoms with Crippen LogP contribution < -0.4 is 10.1 Å². The molecule has 168 valence electrons. The van der Waals surface area contributed by atoms with E-state index in [4.69, 9.17) is 4.74 Å². The molecule has 1 amide bonds. The van der Waals surface area contributed by atoms with Crippen molar-refractivity contribution in [3.8, 4) is 5.75 Å². The monoisotopic (exact) mass is 444 g/mol.